The SMILES string of the molecule is CC1(C)c2ccc(-c3c4ccccc4c(-c4ccc(-c5ccc6c(c5)-c5ccccc5C6c5ccccc5)cc4)c4ccccc34)cc2-c2c1c1ccccc1c1ccccc21. The third-order valence-electron chi connectivity index (χ3n) is 14.3. The highest BCUT2D eigenvalue weighted by molar-refractivity contribution is 6.22. The fourth-order valence-electron chi connectivity index (χ4n) is 11.6. The van der Waals surface area contributed by atoms with Crippen molar-refractivity contribution >= 4 is 43.1 Å². The van der Waals surface area contributed by atoms with Crippen molar-refractivity contribution in [1.29, 1.82) is 0 Å². The molecule has 0 heterocycles. The van der Waals surface area contributed by atoms with Crippen LogP contribution in [0, 0.1) is 0 Å². The van der Waals surface area contributed by atoms with Gasteiger partial charge in [-0.15, -0.1) is 0 Å². The summed E-state index contributed by atoms with van der Waals surface area (Å²) in [6.45, 7) is 4.82. The van der Waals surface area contributed by atoms with Crippen molar-refractivity contribution in [2.45, 2.75) is 25.2 Å². The molecule has 0 bridgehead atoms. The molecule has 0 aromatic heterocycles. The summed E-state index contributed by atoms with van der Waals surface area (Å²) in [5.74, 6) is 0.253. The van der Waals surface area contributed by atoms with Gasteiger partial charge in [-0.25, -0.2) is 0 Å². The molecule has 62 heavy (non-hydrogen) atoms. The van der Waals surface area contributed by atoms with Gasteiger partial charge in [0, 0.05) is 11.3 Å². The molecule has 0 aliphatic heterocycles. The first-order valence-corrected chi connectivity index (χ1v) is 22.0. The predicted octanol–water partition coefficient (Wildman–Crippen LogP) is 16.8. The Bertz CT molecular complexity index is 3580. The molecule has 0 saturated heterocycles. The average Bonchev–Trinajstić information content (AvgIpc) is 3.79. The van der Waals surface area contributed by atoms with Crippen LogP contribution in [0.15, 0.2) is 212 Å². The highest BCUT2D eigenvalue weighted by Crippen LogP contribution is 2.56. The zero-order chi connectivity index (χ0) is 41.1. The van der Waals surface area contributed by atoms with E-state index >= 15 is 0 Å². The van der Waals surface area contributed by atoms with Crippen LogP contribution in [0.5, 0.6) is 0 Å². The molecule has 0 amide bonds. The summed E-state index contributed by atoms with van der Waals surface area (Å²) in [5, 5.41) is 10.4. The quantitative estimate of drug-likeness (QED) is 0.123. The number of hydrogen-bond donors (Lipinski definition) is 0. The van der Waals surface area contributed by atoms with Gasteiger partial charge in [0.1, 0.15) is 0 Å². The first kappa shape index (κ1) is 35.2. The lowest BCUT2D eigenvalue weighted by Gasteiger charge is -2.24. The van der Waals surface area contributed by atoms with Gasteiger partial charge >= 0.3 is 0 Å². The maximum atomic E-state index is 2.50. The summed E-state index contributed by atoms with van der Waals surface area (Å²) in [7, 11) is 0. The van der Waals surface area contributed by atoms with Crippen LogP contribution >= 0.6 is 0 Å². The first-order chi connectivity index (χ1) is 30.5. The Morgan fingerprint density at radius 1 is 0.306 bits per heavy atom. The van der Waals surface area contributed by atoms with E-state index in [1.54, 1.807) is 0 Å². The molecule has 0 N–H and O–H groups in total. The molecule has 2 aliphatic rings. The fourth-order valence-corrected chi connectivity index (χ4v) is 11.6. The van der Waals surface area contributed by atoms with Gasteiger partial charge in [-0.05, 0) is 139 Å². The molecule has 11 aromatic rings. The van der Waals surface area contributed by atoms with Crippen molar-refractivity contribution < 1.29 is 0 Å². The lowest BCUT2D eigenvalue weighted by Crippen LogP contribution is -2.15. The van der Waals surface area contributed by atoms with Gasteiger partial charge in [-0.3, -0.25) is 0 Å². The van der Waals surface area contributed by atoms with Crippen LogP contribution in [-0.4, -0.2) is 0 Å². The number of hydrogen-bond acceptors (Lipinski definition) is 0. The van der Waals surface area contributed by atoms with Gasteiger partial charge in [0.15, 0.2) is 0 Å². The molecule has 1 atom stereocenters. The molecule has 0 nitrogen and oxygen atoms in total. The summed E-state index contributed by atoms with van der Waals surface area (Å²) in [5.41, 5.74) is 19.7. The Hall–Kier alpha value is -7.54. The molecule has 1 unspecified atom stereocenters. The molecule has 11 aromatic carbocycles. The van der Waals surface area contributed by atoms with E-state index in [1.165, 1.54) is 127 Å². The fraction of sp³-hybridized carbons (Fsp3) is 0.0645. The summed E-state index contributed by atoms with van der Waals surface area (Å²) in [6, 6.07) is 79.7. The molecule has 290 valence electrons. The highest BCUT2D eigenvalue weighted by atomic mass is 14.4. The van der Waals surface area contributed by atoms with Gasteiger partial charge in [-0.2, -0.15) is 0 Å². The van der Waals surface area contributed by atoms with E-state index in [0.717, 1.165) is 0 Å². The molecule has 0 spiro atoms. The van der Waals surface area contributed by atoms with E-state index in [2.05, 4.69) is 226 Å². The van der Waals surface area contributed by atoms with E-state index in [0.29, 0.717) is 0 Å². The number of fused-ring (bicyclic) bond motifs is 13. The van der Waals surface area contributed by atoms with Crippen molar-refractivity contribution in [2.75, 3.05) is 0 Å². The van der Waals surface area contributed by atoms with E-state index < -0.39 is 0 Å². The van der Waals surface area contributed by atoms with Crippen molar-refractivity contribution in [3.63, 3.8) is 0 Å². The lowest BCUT2D eigenvalue weighted by molar-refractivity contribution is 0.666. The normalized spacial score (nSPS) is 14.6. The van der Waals surface area contributed by atoms with Crippen molar-refractivity contribution in [1.82, 2.24) is 0 Å². The second-order valence-electron chi connectivity index (χ2n) is 17.9. The van der Waals surface area contributed by atoms with Crippen LogP contribution in [0.3, 0.4) is 0 Å². The van der Waals surface area contributed by atoms with Crippen LogP contribution in [0.1, 0.15) is 47.6 Å². The van der Waals surface area contributed by atoms with Crippen molar-refractivity contribution in [2.24, 2.45) is 0 Å². The number of rotatable bonds is 4. The second-order valence-corrected chi connectivity index (χ2v) is 17.9. The molecule has 0 radical (unpaired) electrons. The summed E-state index contributed by atoms with van der Waals surface area (Å²) in [6.07, 6.45) is 0. The maximum absolute atomic E-state index is 2.50. The van der Waals surface area contributed by atoms with Gasteiger partial charge in [0.2, 0.25) is 0 Å². The minimum atomic E-state index is -0.137. The smallest absolute Gasteiger partial charge is 0.0352 e. The Kier molecular flexibility index (Phi) is 7.52. The van der Waals surface area contributed by atoms with Gasteiger partial charge in [0.05, 0.1) is 0 Å². The van der Waals surface area contributed by atoms with E-state index in [-0.39, 0.29) is 11.3 Å². The van der Waals surface area contributed by atoms with E-state index in [4.69, 9.17) is 0 Å². The Balaban J connectivity index is 0.954. The topological polar surface area (TPSA) is 0 Å². The number of benzene rings is 11. The monoisotopic (exact) mass is 786 g/mol. The Morgan fingerprint density at radius 3 is 1.42 bits per heavy atom. The van der Waals surface area contributed by atoms with Crippen LogP contribution in [0.2, 0.25) is 0 Å². The minimum absolute atomic E-state index is 0.137. The molecule has 0 saturated carbocycles. The van der Waals surface area contributed by atoms with Crippen LogP contribution in [0.4, 0.5) is 0 Å². The molecular weight excluding hydrogens is 745 g/mol. The predicted molar refractivity (Wildman–Crippen MR) is 263 cm³/mol. The largest absolute Gasteiger partial charge is 0.0622 e. The Morgan fingerprint density at radius 2 is 0.758 bits per heavy atom. The van der Waals surface area contributed by atoms with E-state index in [9.17, 15) is 0 Å². The molecular formula is C62H42. The maximum Gasteiger partial charge on any atom is 0.0352 e. The van der Waals surface area contributed by atoms with Crippen molar-refractivity contribution in [3.05, 3.63) is 240 Å². The third kappa shape index (κ3) is 4.95. The van der Waals surface area contributed by atoms with Crippen LogP contribution in [-0.2, 0) is 5.41 Å². The molecule has 13 rings (SSSR count). The standard InChI is InChI=1S/C62H42/c1-62(2)56-35-33-42(37-55(56)60-47-22-10-6-18-43(47)44-19-8-15-27-53(44)61(60)62)59-50-25-13-11-23-48(50)58(49-24-12-14-26-51(49)59)40-30-28-38(29-31-40)41-32-34-52-54(36-41)45-20-7-9-21-46(45)57(52)39-16-4-3-5-17-39/h3-37,57H,1-2H3. The van der Waals surface area contributed by atoms with Gasteiger partial charge in [0.25, 0.3) is 0 Å². The average molecular weight is 787 g/mol. The Labute approximate surface area is 362 Å². The van der Waals surface area contributed by atoms with Crippen LogP contribution in [0.25, 0.3) is 98.7 Å². The zero-order valence-corrected chi connectivity index (χ0v) is 34.8. The molecule has 0 fully saturated rings. The molecule has 2 aliphatic carbocycles. The van der Waals surface area contributed by atoms with Crippen molar-refractivity contribution in [3.8, 4) is 55.6 Å². The summed E-state index contributed by atoms with van der Waals surface area (Å²) >= 11 is 0. The summed E-state index contributed by atoms with van der Waals surface area (Å²) in [4.78, 5) is 0. The van der Waals surface area contributed by atoms with Gasteiger partial charge < -0.3 is 0 Å². The minimum Gasteiger partial charge on any atom is -0.0622 e. The molecule has 0 heteroatoms. The van der Waals surface area contributed by atoms with E-state index in [1.807, 2.05) is 0 Å². The first-order valence-electron chi connectivity index (χ1n) is 22.0. The zero-order valence-electron chi connectivity index (χ0n) is 34.8. The lowest BCUT2D eigenvalue weighted by atomic mass is 9.79. The second kappa shape index (κ2) is 13.2. The summed E-state index contributed by atoms with van der Waals surface area (Å²) < 4.78 is 0. The third-order valence-corrected chi connectivity index (χ3v) is 14.3. The highest BCUT2D eigenvalue weighted by Gasteiger charge is 2.39. The van der Waals surface area contributed by atoms with Crippen LogP contribution < -0.4 is 0 Å². The van der Waals surface area contributed by atoms with Gasteiger partial charge in [-0.1, -0.05) is 214 Å².